The molecule has 0 atom stereocenters. The topological polar surface area (TPSA) is 0 Å². The Labute approximate surface area is 83.1 Å². The van der Waals surface area contributed by atoms with Crippen LogP contribution in [0.2, 0.25) is 0 Å². The van der Waals surface area contributed by atoms with Gasteiger partial charge < -0.3 is 0 Å². The molecule has 0 saturated carbocycles. The first-order chi connectivity index (χ1) is 2.00. The minimum absolute atomic E-state index is 0. The van der Waals surface area contributed by atoms with Gasteiger partial charge in [-0.05, 0) is 5.41 Å². The van der Waals surface area contributed by atoms with E-state index in [9.17, 15) is 0 Å². The molecule has 0 saturated heterocycles. The fraction of sp³-hybridized carbons (Fsp3) is 1.00. The van der Waals surface area contributed by atoms with Gasteiger partial charge in [0.25, 0.3) is 0 Å². The zero-order valence-corrected chi connectivity index (χ0v) is 4.50. The quantitative estimate of drug-likeness (QED) is 0.416. The van der Waals surface area contributed by atoms with Gasteiger partial charge in [0.1, 0.15) is 0 Å². The summed E-state index contributed by atoms with van der Waals surface area (Å²) in [6, 6.07) is 0. The summed E-state index contributed by atoms with van der Waals surface area (Å²) in [5.41, 5.74) is 0.500. The third-order valence-corrected chi connectivity index (χ3v) is 0. The van der Waals surface area contributed by atoms with Crippen molar-refractivity contribution in [3.63, 3.8) is 0 Å². The second-order valence-corrected chi connectivity index (χ2v) is 3.00. The molecule has 0 N–H and O–H groups in total. The molecule has 34 valence electrons. The maximum absolute atomic E-state index is 2.19. The molecular weight excluding hydrogens is 99.2 g/mol. The molecule has 0 bridgehead atoms. The van der Waals surface area contributed by atoms with E-state index in [1.807, 2.05) is 0 Å². The number of hydrogen-bond donors (Lipinski definition) is 0. The molecule has 0 rings (SSSR count). The molecule has 1 heteroatoms. The molecule has 0 aliphatic rings. The Morgan fingerprint density at radius 2 is 0.833 bits per heavy atom. The first kappa shape index (κ1) is 10.6. The first-order valence-corrected chi connectivity index (χ1v) is 2.00. The fourth-order valence-electron chi connectivity index (χ4n) is 0. The molecule has 0 aliphatic carbocycles. The molecule has 0 nitrogen and oxygen atoms in total. The summed E-state index contributed by atoms with van der Waals surface area (Å²) in [6.45, 7) is 8.75. The van der Waals surface area contributed by atoms with Crippen LogP contribution >= 0.6 is 0 Å². The van der Waals surface area contributed by atoms with Crippen molar-refractivity contribution in [2.75, 3.05) is 0 Å². The number of rotatable bonds is 0. The Bertz CT molecular complexity index is 19.4. The van der Waals surface area contributed by atoms with E-state index in [4.69, 9.17) is 0 Å². The van der Waals surface area contributed by atoms with Gasteiger partial charge in [-0.25, -0.2) is 0 Å². The predicted octanol–water partition coefficient (Wildman–Crippen LogP) is 1.40. The average Bonchev–Trinajstić information content (AvgIpc) is 0.722. The van der Waals surface area contributed by atoms with Crippen molar-refractivity contribution in [2.45, 2.75) is 27.7 Å². The summed E-state index contributed by atoms with van der Waals surface area (Å²) in [4.78, 5) is 0. The molecule has 0 aliphatic heterocycles. The van der Waals surface area contributed by atoms with Crippen molar-refractivity contribution in [3.05, 3.63) is 0 Å². The van der Waals surface area contributed by atoms with E-state index >= 15 is 0 Å². The number of hydrogen-bond acceptors (Lipinski definition) is 0. The van der Waals surface area contributed by atoms with E-state index in [-0.39, 0.29) is 51.4 Å². The van der Waals surface area contributed by atoms with Crippen LogP contribution in [-0.2, 0) is 0 Å². The van der Waals surface area contributed by atoms with Crippen molar-refractivity contribution >= 4 is 51.4 Å². The van der Waals surface area contributed by atoms with Crippen LogP contribution < -0.4 is 0 Å². The summed E-state index contributed by atoms with van der Waals surface area (Å²) >= 11 is 0. The van der Waals surface area contributed by atoms with Gasteiger partial charge in [0.05, 0.1) is 0 Å². The Balaban J connectivity index is 0. The monoisotopic (exact) mass is 112 g/mol. The SMILES string of the molecule is CC(C)(C)C.[KH]. The molecule has 0 fully saturated rings. The molecule has 0 unspecified atom stereocenters. The second-order valence-electron chi connectivity index (χ2n) is 3.00. The fourth-order valence-corrected chi connectivity index (χ4v) is 0. The van der Waals surface area contributed by atoms with Crippen LogP contribution in [0.4, 0.5) is 0 Å². The summed E-state index contributed by atoms with van der Waals surface area (Å²) in [5, 5.41) is 0. The third kappa shape index (κ3) is 45.2. The Morgan fingerprint density at radius 1 is 0.833 bits per heavy atom. The summed E-state index contributed by atoms with van der Waals surface area (Å²) in [6.07, 6.45) is 0. The molecule has 0 aromatic heterocycles. The van der Waals surface area contributed by atoms with Gasteiger partial charge in [-0.15, -0.1) is 0 Å². The van der Waals surface area contributed by atoms with Crippen LogP contribution in [0.25, 0.3) is 0 Å². The van der Waals surface area contributed by atoms with Gasteiger partial charge in [-0.1, -0.05) is 27.7 Å². The van der Waals surface area contributed by atoms with Crippen LogP contribution in [0, 0.1) is 5.41 Å². The predicted molar refractivity (Wildman–Crippen MR) is 32.3 cm³/mol. The van der Waals surface area contributed by atoms with Crippen molar-refractivity contribution in [3.8, 4) is 0 Å². The molecule has 0 spiro atoms. The van der Waals surface area contributed by atoms with Crippen LogP contribution in [0.3, 0.4) is 0 Å². The zero-order chi connectivity index (χ0) is 4.50. The van der Waals surface area contributed by atoms with Crippen LogP contribution in [0.5, 0.6) is 0 Å². The molecule has 0 radical (unpaired) electrons. The molecular formula is C5H13K. The summed E-state index contributed by atoms with van der Waals surface area (Å²) < 4.78 is 0. The van der Waals surface area contributed by atoms with Gasteiger partial charge in [-0.3, -0.25) is 0 Å². The summed E-state index contributed by atoms with van der Waals surface area (Å²) in [5.74, 6) is 0. The van der Waals surface area contributed by atoms with E-state index in [2.05, 4.69) is 27.7 Å². The van der Waals surface area contributed by atoms with Crippen LogP contribution in [0.15, 0.2) is 0 Å². The summed E-state index contributed by atoms with van der Waals surface area (Å²) in [7, 11) is 0. The third-order valence-electron chi connectivity index (χ3n) is 0. The van der Waals surface area contributed by atoms with Crippen LogP contribution in [-0.4, -0.2) is 51.4 Å². The Morgan fingerprint density at radius 3 is 0.833 bits per heavy atom. The van der Waals surface area contributed by atoms with Gasteiger partial charge in [0.2, 0.25) is 0 Å². The van der Waals surface area contributed by atoms with Gasteiger partial charge in [0.15, 0.2) is 0 Å². The molecule has 0 heterocycles. The normalized spacial score (nSPS) is 10.0. The standard InChI is InChI=1S/C5H12.K.H/c1-5(2,3)4;;/h1-4H3;;. The van der Waals surface area contributed by atoms with E-state index < -0.39 is 0 Å². The van der Waals surface area contributed by atoms with Gasteiger partial charge >= 0.3 is 51.4 Å². The van der Waals surface area contributed by atoms with Crippen molar-refractivity contribution in [1.29, 1.82) is 0 Å². The van der Waals surface area contributed by atoms with Gasteiger partial charge in [-0.2, -0.15) is 0 Å². The Hall–Kier alpha value is 1.64. The van der Waals surface area contributed by atoms with Crippen molar-refractivity contribution < 1.29 is 0 Å². The van der Waals surface area contributed by atoms with Crippen molar-refractivity contribution in [2.24, 2.45) is 5.41 Å². The average molecular weight is 112 g/mol. The molecule has 0 amide bonds. The van der Waals surface area contributed by atoms with Crippen LogP contribution in [0.1, 0.15) is 27.7 Å². The minimum atomic E-state index is 0. The maximum atomic E-state index is 2.19. The first-order valence-electron chi connectivity index (χ1n) is 2.00. The van der Waals surface area contributed by atoms with Crippen molar-refractivity contribution in [1.82, 2.24) is 0 Å². The molecule has 0 aromatic carbocycles. The second kappa shape index (κ2) is 3.62. The molecule has 6 heavy (non-hydrogen) atoms. The zero-order valence-electron chi connectivity index (χ0n) is 4.50. The van der Waals surface area contributed by atoms with E-state index in [1.54, 1.807) is 0 Å². The van der Waals surface area contributed by atoms with E-state index in [0.717, 1.165) is 0 Å². The van der Waals surface area contributed by atoms with Gasteiger partial charge in [0, 0.05) is 0 Å². The van der Waals surface area contributed by atoms with E-state index in [1.165, 1.54) is 0 Å². The van der Waals surface area contributed by atoms with E-state index in [0.29, 0.717) is 5.41 Å². The Kier molecular flexibility index (Phi) is 6.38. The molecule has 0 aromatic rings.